The van der Waals surface area contributed by atoms with Crippen molar-refractivity contribution < 1.29 is 9.94 Å². The highest BCUT2D eigenvalue weighted by atomic mass is 79.9. The number of rotatable bonds is 4. The fourth-order valence-corrected chi connectivity index (χ4v) is 2.17. The Morgan fingerprint density at radius 3 is 2.85 bits per heavy atom. The van der Waals surface area contributed by atoms with Gasteiger partial charge in [0, 0.05) is 16.2 Å². The Bertz CT molecular complexity index is 644. The molecule has 0 saturated heterocycles. The van der Waals surface area contributed by atoms with Crippen molar-refractivity contribution in [1.82, 2.24) is 4.98 Å². The molecule has 0 radical (unpaired) electrons. The molecule has 2 aromatic rings. The quantitative estimate of drug-likeness (QED) is 0.389. The van der Waals surface area contributed by atoms with Gasteiger partial charge in [0.15, 0.2) is 5.84 Å². The van der Waals surface area contributed by atoms with E-state index in [4.69, 9.17) is 15.7 Å². The minimum Gasteiger partial charge on any atom is -0.472 e. The van der Waals surface area contributed by atoms with Crippen molar-refractivity contribution in [2.75, 3.05) is 0 Å². The van der Waals surface area contributed by atoms with Gasteiger partial charge >= 0.3 is 0 Å². The molecule has 1 aromatic carbocycles. The zero-order valence-electron chi connectivity index (χ0n) is 10.9. The lowest BCUT2D eigenvalue weighted by Crippen LogP contribution is -2.17. The van der Waals surface area contributed by atoms with E-state index in [1.165, 1.54) is 0 Å². The van der Waals surface area contributed by atoms with Gasteiger partial charge in [0.05, 0.1) is 5.56 Å². The Labute approximate surface area is 125 Å². The van der Waals surface area contributed by atoms with Gasteiger partial charge in [0.25, 0.3) is 0 Å². The monoisotopic (exact) mass is 335 g/mol. The van der Waals surface area contributed by atoms with Crippen LogP contribution in [0.15, 0.2) is 46.2 Å². The first-order valence-electron chi connectivity index (χ1n) is 5.93. The smallest absolute Gasteiger partial charge is 0.225 e. The topological polar surface area (TPSA) is 80.7 Å². The van der Waals surface area contributed by atoms with Gasteiger partial charge in [-0.3, -0.25) is 0 Å². The fourth-order valence-electron chi connectivity index (χ4n) is 1.77. The van der Waals surface area contributed by atoms with Gasteiger partial charge in [-0.05, 0) is 24.6 Å². The predicted molar refractivity (Wildman–Crippen MR) is 80.0 cm³/mol. The Balaban J connectivity index is 2.27. The molecule has 0 fully saturated rings. The first-order valence-corrected chi connectivity index (χ1v) is 6.72. The standard InChI is InChI=1S/C14H14BrN3O2/c1-9-6-7-17-14(12(9)13(16)18-19)20-8-10-4-2-3-5-11(10)15/h2-7,19H,8H2,1H3,(H2,16,18). The highest BCUT2D eigenvalue weighted by Crippen LogP contribution is 2.22. The number of hydrogen-bond donors (Lipinski definition) is 2. The summed E-state index contributed by atoms with van der Waals surface area (Å²) in [7, 11) is 0. The lowest BCUT2D eigenvalue weighted by molar-refractivity contribution is 0.291. The number of nitrogens with two attached hydrogens (primary N) is 1. The zero-order chi connectivity index (χ0) is 14.5. The Kier molecular flexibility index (Phi) is 4.57. The largest absolute Gasteiger partial charge is 0.472 e. The summed E-state index contributed by atoms with van der Waals surface area (Å²) in [6.07, 6.45) is 1.62. The van der Waals surface area contributed by atoms with Crippen molar-refractivity contribution in [2.24, 2.45) is 10.9 Å². The molecule has 6 heteroatoms. The number of benzene rings is 1. The van der Waals surface area contributed by atoms with Crippen molar-refractivity contribution in [3.05, 3.63) is 57.7 Å². The second-order valence-electron chi connectivity index (χ2n) is 4.17. The summed E-state index contributed by atoms with van der Waals surface area (Å²) in [4.78, 5) is 4.14. The zero-order valence-corrected chi connectivity index (χ0v) is 12.5. The van der Waals surface area contributed by atoms with E-state index >= 15 is 0 Å². The predicted octanol–water partition coefficient (Wildman–Crippen LogP) is 2.83. The van der Waals surface area contributed by atoms with Gasteiger partial charge in [-0.25, -0.2) is 4.98 Å². The number of aromatic nitrogens is 1. The van der Waals surface area contributed by atoms with E-state index in [1.807, 2.05) is 31.2 Å². The summed E-state index contributed by atoms with van der Waals surface area (Å²) in [5.41, 5.74) is 7.99. The number of amidine groups is 1. The molecule has 0 bridgehead atoms. The van der Waals surface area contributed by atoms with Crippen LogP contribution in [0.5, 0.6) is 5.88 Å². The molecule has 1 heterocycles. The molecule has 20 heavy (non-hydrogen) atoms. The number of pyridine rings is 1. The molecule has 0 amide bonds. The van der Waals surface area contributed by atoms with Gasteiger partial charge in [0.2, 0.25) is 5.88 Å². The number of nitrogens with zero attached hydrogens (tertiary/aromatic N) is 2. The number of hydrogen-bond acceptors (Lipinski definition) is 4. The third-order valence-electron chi connectivity index (χ3n) is 2.81. The van der Waals surface area contributed by atoms with Crippen LogP contribution in [0.4, 0.5) is 0 Å². The van der Waals surface area contributed by atoms with Gasteiger partial charge in [-0.1, -0.05) is 39.3 Å². The Hall–Kier alpha value is -2.08. The average Bonchev–Trinajstić information content (AvgIpc) is 2.46. The molecule has 0 aliphatic carbocycles. The number of halogens is 1. The van der Waals surface area contributed by atoms with Crippen molar-refractivity contribution in [1.29, 1.82) is 0 Å². The Morgan fingerprint density at radius 2 is 2.15 bits per heavy atom. The van der Waals surface area contributed by atoms with E-state index in [-0.39, 0.29) is 5.84 Å². The molecular weight excluding hydrogens is 322 g/mol. The lowest BCUT2D eigenvalue weighted by Gasteiger charge is -2.12. The van der Waals surface area contributed by atoms with Crippen LogP contribution in [0, 0.1) is 6.92 Å². The molecule has 0 aliphatic heterocycles. The molecule has 0 aliphatic rings. The average molecular weight is 336 g/mol. The normalized spacial score (nSPS) is 11.4. The van der Waals surface area contributed by atoms with Gasteiger partial charge < -0.3 is 15.7 Å². The SMILES string of the molecule is Cc1ccnc(OCc2ccccc2Br)c1/C(N)=N/O. The van der Waals surface area contributed by atoms with Crippen LogP contribution < -0.4 is 10.5 Å². The van der Waals surface area contributed by atoms with Crippen molar-refractivity contribution >= 4 is 21.8 Å². The third-order valence-corrected chi connectivity index (χ3v) is 3.58. The summed E-state index contributed by atoms with van der Waals surface area (Å²) in [6.45, 7) is 2.18. The first kappa shape index (κ1) is 14.3. The molecule has 2 rings (SSSR count). The molecule has 0 unspecified atom stereocenters. The van der Waals surface area contributed by atoms with E-state index < -0.39 is 0 Å². The van der Waals surface area contributed by atoms with E-state index in [0.717, 1.165) is 15.6 Å². The molecule has 0 atom stereocenters. The molecule has 0 spiro atoms. The Morgan fingerprint density at radius 1 is 1.40 bits per heavy atom. The maximum Gasteiger partial charge on any atom is 0.225 e. The molecule has 1 aromatic heterocycles. The van der Waals surface area contributed by atoms with Crippen LogP contribution in [-0.4, -0.2) is 16.0 Å². The van der Waals surface area contributed by atoms with Crippen molar-refractivity contribution in [2.45, 2.75) is 13.5 Å². The fraction of sp³-hybridized carbons (Fsp3) is 0.143. The van der Waals surface area contributed by atoms with E-state index in [9.17, 15) is 0 Å². The van der Waals surface area contributed by atoms with Crippen molar-refractivity contribution in [3.63, 3.8) is 0 Å². The second kappa shape index (κ2) is 6.38. The van der Waals surface area contributed by atoms with Crippen LogP contribution in [0.1, 0.15) is 16.7 Å². The molecule has 5 nitrogen and oxygen atoms in total. The minimum absolute atomic E-state index is 0.0160. The van der Waals surface area contributed by atoms with E-state index in [0.29, 0.717) is 18.1 Å². The van der Waals surface area contributed by atoms with Gasteiger partial charge in [-0.2, -0.15) is 0 Å². The van der Waals surface area contributed by atoms with Crippen LogP contribution in [0.25, 0.3) is 0 Å². The number of aryl methyl sites for hydroxylation is 1. The van der Waals surface area contributed by atoms with Gasteiger partial charge in [-0.15, -0.1) is 0 Å². The minimum atomic E-state index is -0.0160. The lowest BCUT2D eigenvalue weighted by atomic mass is 10.1. The third kappa shape index (κ3) is 3.08. The number of oxime groups is 1. The van der Waals surface area contributed by atoms with Crippen LogP contribution >= 0.6 is 15.9 Å². The van der Waals surface area contributed by atoms with Gasteiger partial charge in [0.1, 0.15) is 6.61 Å². The van der Waals surface area contributed by atoms with Crippen LogP contribution in [0.2, 0.25) is 0 Å². The maximum absolute atomic E-state index is 8.84. The van der Waals surface area contributed by atoms with Crippen LogP contribution in [0.3, 0.4) is 0 Å². The van der Waals surface area contributed by atoms with E-state index in [1.54, 1.807) is 12.3 Å². The summed E-state index contributed by atoms with van der Waals surface area (Å²) >= 11 is 3.46. The molecule has 0 saturated carbocycles. The maximum atomic E-state index is 8.84. The second-order valence-corrected chi connectivity index (χ2v) is 5.03. The molecule has 3 N–H and O–H groups in total. The van der Waals surface area contributed by atoms with Crippen LogP contribution in [-0.2, 0) is 6.61 Å². The summed E-state index contributed by atoms with van der Waals surface area (Å²) in [5, 5.41) is 11.9. The highest BCUT2D eigenvalue weighted by Gasteiger charge is 2.13. The molecule has 104 valence electrons. The molecular formula is C14H14BrN3O2. The summed E-state index contributed by atoms with van der Waals surface area (Å²) in [5.74, 6) is 0.328. The van der Waals surface area contributed by atoms with Crippen molar-refractivity contribution in [3.8, 4) is 5.88 Å². The van der Waals surface area contributed by atoms with E-state index in [2.05, 4.69) is 26.1 Å². The summed E-state index contributed by atoms with van der Waals surface area (Å²) < 4.78 is 6.65. The first-order chi connectivity index (χ1) is 9.63. The number of ether oxygens (including phenoxy) is 1. The summed E-state index contributed by atoms with van der Waals surface area (Å²) in [6, 6.07) is 9.52. The highest BCUT2D eigenvalue weighted by molar-refractivity contribution is 9.10.